The highest BCUT2D eigenvalue weighted by Gasteiger charge is 2.22. The van der Waals surface area contributed by atoms with Gasteiger partial charge >= 0.3 is 5.97 Å². The SMILES string of the molecule is CC(I)C(=O)OCC1CCC[NH+](C)C1. The van der Waals surface area contributed by atoms with E-state index < -0.39 is 0 Å². The van der Waals surface area contributed by atoms with Crippen LogP contribution in [0, 0.1) is 5.92 Å². The second-order valence-corrected chi connectivity index (χ2v) is 6.03. The molecule has 82 valence electrons. The van der Waals surface area contributed by atoms with Gasteiger partial charge in [-0.05, 0) is 19.8 Å². The zero-order valence-corrected chi connectivity index (χ0v) is 11.0. The van der Waals surface area contributed by atoms with Crippen molar-refractivity contribution >= 4 is 28.6 Å². The van der Waals surface area contributed by atoms with Gasteiger partial charge in [0.2, 0.25) is 0 Å². The molecule has 1 fully saturated rings. The molecule has 3 nitrogen and oxygen atoms in total. The third-order valence-corrected chi connectivity index (χ3v) is 3.15. The fourth-order valence-corrected chi connectivity index (χ4v) is 2.03. The molecule has 0 spiro atoms. The molecule has 1 aliphatic rings. The average molecular weight is 312 g/mol. The standard InChI is InChI=1S/C10H18INO2/c1-8(11)10(13)14-7-9-4-3-5-12(2)6-9/h8-9H,3-7H2,1-2H3/p+1. The largest absolute Gasteiger partial charge is 0.464 e. The molecule has 0 saturated carbocycles. The Hall–Kier alpha value is 0.160. The van der Waals surface area contributed by atoms with E-state index in [2.05, 4.69) is 29.6 Å². The minimum atomic E-state index is -0.0752. The van der Waals surface area contributed by atoms with Crippen molar-refractivity contribution in [3.8, 4) is 0 Å². The summed E-state index contributed by atoms with van der Waals surface area (Å²) in [6.07, 6.45) is 2.47. The Morgan fingerprint density at radius 3 is 3.00 bits per heavy atom. The molecule has 1 saturated heterocycles. The van der Waals surface area contributed by atoms with E-state index in [1.54, 1.807) is 4.90 Å². The van der Waals surface area contributed by atoms with E-state index >= 15 is 0 Å². The topological polar surface area (TPSA) is 30.7 Å². The Bertz CT molecular complexity index is 197. The van der Waals surface area contributed by atoms with Crippen LogP contribution in [0.1, 0.15) is 19.8 Å². The molecule has 4 heteroatoms. The molecular formula is C10H19INO2+. The van der Waals surface area contributed by atoms with Gasteiger partial charge < -0.3 is 9.64 Å². The van der Waals surface area contributed by atoms with Crippen LogP contribution < -0.4 is 4.90 Å². The molecule has 1 rings (SSSR count). The maximum Gasteiger partial charge on any atom is 0.318 e. The minimum absolute atomic E-state index is 0.0266. The lowest BCUT2D eigenvalue weighted by atomic mass is 10.00. The van der Waals surface area contributed by atoms with E-state index in [1.807, 2.05) is 6.92 Å². The first-order chi connectivity index (χ1) is 6.59. The molecule has 0 aromatic heterocycles. The maximum absolute atomic E-state index is 11.2. The van der Waals surface area contributed by atoms with Crippen LogP contribution in [0.25, 0.3) is 0 Å². The minimum Gasteiger partial charge on any atom is -0.464 e. The van der Waals surface area contributed by atoms with E-state index in [9.17, 15) is 4.79 Å². The fourth-order valence-electron chi connectivity index (χ4n) is 1.85. The number of esters is 1. The van der Waals surface area contributed by atoms with E-state index in [0.29, 0.717) is 12.5 Å². The van der Waals surface area contributed by atoms with E-state index in [0.717, 1.165) is 6.54 Å². The Balaban J connectivity index is 2.20. The van der Waals surface area contributed by atoms with Gasteiger partial charge in [-0.1, -0.05) is 22.6 Å². The number of hydrogen-bond donors (Lipinski definition) is 1. The Morgan fingerprint density at radius 1 is 1.71 bits per heavy atom. The van der Waals surface area contributed by atoms with Crippen LogP contribution in [0.3, 0.4) is 0 Å². The van der Waals surface area contributed by atoms with Crippen molar-refractivity contribution in [1.82, 2.24) is 0 Å². The lowest BCUT2D eigenvalue weighted by Crippen LogP contribution is -3.10. The number of piperidine rings is 1. The predicted octanol–water partition coefficient (Wildman–Crippen LogP) is 0.278. The van der Waals surface area contributed by atoms with Gasteiger partial charge in [0, 0.05) is 5.92 Å². The monoisotopic (exact) mass is 312 g/mol. The smallest absolute Gasteiger partial charge is 0.318 e. The predicted molar refractivity (Wildman–Crippen MR) is 63.8 cm³/mol. The van der Waals surface area contributed by atoms with Crippen molar-refractivity contribution < 1.29 is 14.4 Å². The fraction of sp³-hybridized carbons (Fsp3) is 0.900. The van der Waals surface area contributed by atoms with E-state index in [1.165, 1.54) is 19.4 Å². The van der Waals surface area contributed by atoms with Crippen molar-refractivity contribution in [3.63, 3.8) is 0 Å². The molecule has 1 aliphatic heterocycles. The van der Waals surface area contributed by atoms with Gasteiger partial charge in [0.05, 0.1) is 26.7 Å². The van der Waals surface area contributed by atoms with Crippen molar-refractivity contribution in [2.75, 3.05) is 26.7 Å². The number of quaternary nitrogens is 1. The van der Waals surface area contributed by atoms with E-state index in [4.69, 9.17) is 4.74 Å². The number of alkyl halides is 1. The van der Waals surface area contributed by atoms with Gasteiger partial charge in [-0.15, -0.1) is 0 Å². The summed E-state index contributed by atoms with van der Waals surface area (Å²) in [6.45, 7) is 4.88. The summed E-state index contributed by atoms with van der Waals surface area (Å²) < 4.78 is 5.20. The molecule has 0 aromatic rings. The highest BCUT2D eigenvalue weighted by Crippen LogP contribution is 2.09. The molecule has 0 aliphatic carbocycles. The third kappa shape index (κ3) is 4.13. The summed E-state index contributed by atoms with van der Waals surface area (Å²) >= 11 is 2.09. The number of carbonyl (C=O) groups excluding carboxylic acids is 1. The van der Waals surface area contributed by atoms with Crippen LogP contribution in [-0.4, -0.2) is 36.6 Å². The maximum atomic E-state index is 11.2. The highest BCUT2D eigenvalue weighted by atomic mass is 127. The molecule has 3 unspecified atom stereocenters. The van der Waals surface area contributed by atoms with Crippen molar-refractivity contribution in [1.29, 1.82) is 0 Å². The second-order valence-electron chi connectivity index (χ2n) is 4.17. The van der Waals surface area contributed by atoms with Crippen molar-refractivity contribution in [2.45, 2.75) is 23.7 Å². The first-order valence-corrected chi connectivity index (χ1v) is 6.46. The number of carbonyl (C=O) groups is 1. The van der Waals surface area contributed by atoms with Gasteiger partial charge in [-0.3, -0.25) is 4.79 Å². The van der Waals surface area contributed by atoms with Crippen LogP contribution in [0.5, 0.6) is 0 Å². The lowest BCUT2D eigenvalue weighted by Gasteiger charge is -2.26. The molecule has 0 radical (unpaired) electrons. The van der Waals surface area contributed by atoms with E-state index in [-0.39, 0.29) is 9.89 Å². The molecule has 0 aromatic carbocycles. The number of nitrogens with one attached hydrogen (secondary N) is 1. The highest BCUT2D eigenvalue weighted by molar-refractivity contribution is 14.1. The number of likely N-dealkylation sites (tertiary alicyclic amines) is 1. The van der Waals surface area contributed by atoms with Gasteiger partial charge in [0.1, 0.15) is 3.92 Å². The van der Waals surface area contributed by atoms with Crippen LogP contribution in [0.4, 0.5) is 0 Å². The normalized spacial score (nSPS) is 29.6. The summed E-state index contributed by atoms with van der Waals surface area (Å²) in [5, 5.41) is 0. The zero-order chi connectivity index (χ0) is 10.6. The number of halogens is 1. The Labute approximate surface area is 99.3 Å². The summed E-state index contributed by atoms with van der Waals surface area (Å²) in [7, 11) is 2.20. The number of rotatable bonds is 3. The molecule has 0 bridgehead atoms. The molecule has 1 heterocycles. The average Bonchev–Trinajstić information content (AvgIpc) is 2.14. The Morgan fingerprint density at radius 2 is 2.43 bits per heavy atom. The van der Waals surface area contributed by atoms with Crippen LogP contribution >= 0.6 is 22.6 Å². The first-order valence-electron chi connectivity index (χ1n) is 5.21. The van der Waals surface area contributed by atoms with Gasteiger partial charge in [-0.2, -0.15) is 0 Å². The quantitative estimate of drug-likeness (QED) is 0.461. The summed E-state index contributed by atoms with van der Waals surface area (Å²) in [4.78, 5) is 12.8. The number of hydrogen-bond acceptors (Lipinski definition) is 2. The van der Waals surface area contributed by atoms with Crippen LogP contribution in [0.15, 0.2) is 0 Å². The Kier molecular flexibility index (Phi) is 5.15. The molecule has 0 amide bonds. The van der Waals surface area contributed by atoms with Crippen LogP contribution in [0.2, 0.25) is 0 Å². The second kappa shape index (κ2) is 5.90. The van der Waals surface area contributed by atoms with Crippen LogP contribution in [-0.2, 0) is 9.53 Å². The van der Waals surface area contributed by atoms with Crippen molar-refractivity contribution in [2.24, 2.45) is 5.92 Å². The number of ether oxygens (including phenoxy) is 1. The summed E-state index contributed by atoms with van der Waals surface area (Å²) in [5.41, 5.74) is 0. The van der Waals surface area contributed by atoms with Crippen molar-refractivity contribution in [3.05, 3.63) is 0 Å². The first kappa shape index (κ1) is 12.2. The lowest BCUT2D eigenvalue weighted by molar-refractivity contribution is -0.888. The summed E-state index contributed by atoms with van der Waals surface area (Å²) in [5.74, 6) is 0.497. The molecule has 1 N–H and O–H groups in total. The van der Waals surface area contributed by atoms with Gasteiger partial charge in [0.25, 0.3) is 0 Å². The molecule has 3 atom stereocenters. The molecular weight excluding hydrogens is 293 g/mol. The zero-order valence-electron chi connectivity index (χ0n) is 8.88. The third-order valence-electron chi connectivity index (χ3n) is 2.64. The van der Waals surface area contributed by atoms with Gasteiger partial charge in [0.15, 0.2) is 0 Å². The summed E-state index contributed by atoms with van der Waals surface area (Å²) in [6, 6.07) is 0. The molecule has 14 heavy (non-hydrogen) atoms. The van der Waals surface area contributed by atoms with Gasteiger partial charge in [-0.25, -0.2) is 0 Å².